The minimum Gasteiger partial charge on any atom is -0.486 e. The van der Waals surface area contributed by atoms with Gasteiger partial charge < -0.3 is 9.84 Å². The van der Waals surface area contributed by atoms with Gasteiger partial charge in [0.15, 0.2) is 0 Å². The van der Waals surface area contributed by atoms with E-state index < -0.39 is 17.9 Å². The summed E-state index contributed by atoms with van der Waals surface area (Å²) in [5.41, 5.74) is 4.17. The number of nitrogens with zero attached hydrogens (tertiary/aromatic N) is 5. The second kappa shape index (κ2) is 12.4. The summed E-state index contributed by atoms with van der Waals surface area (Å²) >= 11 is 12.6. The number of carboxylic acid groups (broad SMARTS) is 1. The molecular formula is C29H28Cl2FN5O3. The predicted octanol–water partition coefficient (Wildman–Crippen LogP) is 5.44. The van der Waals surface area contributed by atoms with Crippen molar-refractivity contribution >= 4 is 40.7 Å². The van der Waals surface area contributed by atoms with Crippen LogP contribution in [0.2, 0.25) is 10.0 Å². The minimum atomic E-state index is -0.812. The Morgan fingerprint density at radius 2 is 1.82 bits per heavy atom. The Kier molecular flexibility index (Phi) is 8.75. The number of fused-ring (bicyclic) bond motifs is 1. The van der Waals surface area contributed by atoms with E-state index in [4.69, 9.17) is 33.0 Å². The van der Waals surface area contributed by atoms with Crippen molar-refractivity contribution in [1.82, 2.24) is 19.8 Å². The Morgan fingerprint density at radius 3 is 2.50 bits per heavy atom. The van der Waals surface area contributed by atoms with Gasteiger partial charge in [-0.3, -0.25) is 29.6 Å². The Labute approximate surface area is 241 Å². The van der Waals surface area contributed by atoms with Crippen LogP contribution in [0.4, 0.5) is 4.39 Å². The molecule has 0 unspecified atom stereocenters. The highest BCUT2D eigenvalue weighted by molar-refractivity contribution is 6.35. The zero-order valence-corrected chi connectivity index (χ0v) is 23.4. The number of aromatic nitrogens is 2. The highest BCUT2D eigenvalue weighted by Gasteiger charge is 2.21. The number of hydrogen-bond donors (Lipinski definition) is 1. The van der Waals surface area contributed by atoms with Gasteiger partial charge in [0.1, 0.15) is 17.7 Å². The number of aliphatic imine (C=N–C) groups is 1. The molecular weight excluding hydrogens is 556 g/mol. The monoisotopic (exact) mass is 583 g/mol. The van der Waals surface area contributed by atoms with Crippen LogP contribution >= 0.6 is 23.2 Å². The molecule has 5 rings (SSSR count). The molecule has 4 heterocycles. The van der Waals surface area contributed by atoms with E-state index in [-0.39, 0.29) is 6.54 Å². The number of halogens is 3. The molecule has 2 aliphatic heterocycles. The number of pyridine rings is 2. The first-order valence-electron chi connectivity index (χ1n) is 12.9. The first-order chi connectivity index (χ1) is 19.3. The lowest BCUT2D eigenvalue weighted by atomic mass is 10.0. The Morgan fingerprint density at radius 1 is 1.10 bits per heavy atom. The van der Waals surface area contributed by atoms with Crippen LogP contribution in [0.1, 0.15) is 41.0 Å². The number of aliphatic carboxylic acids is 1. The average Bonchev–Trinajstić information content (AvgIpc) is 3.31. The summed E-state index contributed by atoms with van der Waals surface area (Å²) in [4.78, 5) is 28.0. The van der Waals surface area contributed by atoms with E-state index in [2.05, 4.69) is 19.9 Å². The third kappa shape index (κ3) is 6.67. The average molecular weight is 584 g/mol. The van der Waals surface area contributed by atoms with E-state index in [1.165, 1.54) is 24.7 Å². The van der Waals surface area contributed by atoms with Gasteiger partial charge in [-0.05, 0) is 36.8 Å². The summed E-state index contributed by atoms with van der Waals surface area (Å²) in [6.45, 7) is 5.92. The molecule has 3 aromatic rings. The van der Waals surface area contributed by atoms with Gasteiger partial charge in [0.05, 0.1) is 34.5 Å². The summed E-state index contributed by atoms with van der Waals surface area (Å²) < 4.78 is 21.4. The van der Waals surface area contributed by atoms with E-state index in [0.717, 1.165) is 29.9 Å². The largest absolute Gasteiger partial charge is 0.486 e. The molecule has 1 atom stereocenters. The van der Waals surface area contributed by atoms with Gasteiger partial charge in [0, 0.05) is 74.1 Å². The van der Waals surface area contributed by atoms with Crippen LogP contribution in [0.25, 0.3) is 5.83 Å². The van der Waals surface area contributed by atoms with Gasteiger partial charge >= 0.3 is 5.97 Å². The van der Waals surface area contributed by atoms with E-state index in [9.17, 15) is 4.79 Å². The molecule has 0 bridgehead atoms. The number of carbonyl (C=O) groups is 1. The van der Waals surface area contributed by atoms with Gasteiger partial charge in [-0.15, -0.1) is 0 Å². The van der Waals surface area contributed by atoms with Crippen LogP contribution in [0.5, 0.6) is 5.75 Å². The van der Waals surface area contributed by atoms with Crippen molar-refractivity contribution in [1.29, 1.82) is 0 Å². The second-order valence-electron chi connectivity index (χ2n) is 9.77. The highest BCUT2D eigenvalue weighted by atomic mass is 35.5. The normalized spacial score (nSPS) is 16.9. The fourth-order valence-corrected chi connectivity index (χ4v) is 5.52. The van der Waals surface area contributed by atoms with Crippen LogP contribution in [-0.4, -0.2) is 69.3 Å². The van der Waals surface area contributed by atoms with Gasteiger partial charge in [-0.25, -0.2) is 4.39 Å². The molecule has 1 aromatic carbocycles. The number of allylic oxidation sites excluding steroid dienone is 1. The van der Waals surface area contributed by atoms with Crippen molar-refractivity contribution in [2.75, 3.05) is 32.7 Å². The molecule has 2 aliphatic rings. The van der Waals surface area contributed by atoms with E-state index in [0.29, 0.717) is 58.8 Å². The molecule has 1 N–H and O–H groups in total. The number of rotatable bonds is 9. The van der Waals surface area contributed by atoms with Crippen LogP contribution < -0.4 is 4.74 Å². The quantitative estimate of drug-likeness (QED) is 0.358. The first-order valence-corrected chi connectivity index (χ1v) is 13.6. The van der Waals surface area contributed by atoms with Crippen LogP contribution in [0, 0.1) is 0 Å². The van der Waals surface area contributed by atoms with Crippen molar-refractivity contribution in [3.63, 3.8) is 0 Å². The van der Waals surface area contributed by atoms with Crippen molar-refractivity contribution in [3.05, 3.63) is 93.0 Å². The number of carboxylic acids is 1. The van der Waals surface area contributed by atoms with Gasteiger partial charge in [-0.1, -0.05) is 29.3 Å². The zero-order valence-electron chi connectivity index (χ0n) is 21.9. The molecule has 2 aromatic heterocycles. The molecule has 0 aliphatic carbocycles. The smallest absolute Gasteiger partial charge is 0.317 e. The number of benzene rings is 1. The van der Waals surface area contributed by atoms with E-state index in [1.807, 2.05) is 36.1 Å². The molecule has 208 valence electrons. The van der Waals surface area contributed by atoms with E-state index in [1.54, 1.807) is 6.07 Å². The molecule has 40 heavy (non-hydrogen) atoms. The Balaban J connectivity index is 1.23. The number of piperazine rings is 1. The lowest BCUT2D eigenvalue weighted by Gasteiger charge is -2.33. The van der Waals surface area contributed by atoms with Crippen molar-refractivity contribution < 1.29 is 19.0 Å². The molecule has 0 spiro atoms. The third-order valence-electron chi connectivity index (χ3n) is 6.96. The van der Waals surface area contributed by atoms with E-state index >= 15 is 4.39 Å². The lowest BCUT2D eigenvalue weighted by Crippen LogP contribution is -2.47. The van der Waals surface area contributed by atoms with Crippen molar-refractivity contribution in [2.24, 2.45) is 4.99 Å². The van der Waals surface area contributed by atoms with Crippen LogP contribution in [0.15, 0.2) is 60.0 Å². The summed E-state index contributed by atoms with van der Waals surface area (Å²) in [7, 11) is 0. The van der Waals surface area contributed by atoms with Gasteiger partial charge in [0.2, 0.25) is 0 Å². The highest BCUT2D eigenvalue weighted by Crippen LogP contribution is 2.34. The maximum absolute atomic E-state index is 15.2. The standard InChI is InChI=1S/C29H28Cl2FN5O3/c1-18(29-24(30)14-33-15-25(29)31)40-22-5-3-19-12-35-27(23(19)10-22)11-26(32)20-2-4-21(34-13-20)16-36-6-8-37(9-7-36)17-28(38)39/h2-5,10-11,13-15,18H,6-9,12,16-17H2,1H3,(H,38,39)/b26-11-/t18-/m1/s1. The topological polar surface area (TPSA) is 91.2 Å². The first kappa shape index (κ1) is 28.2. The zero-order chi connectivity index (χ0) is 28.2. The molecule has 1 fully saturated rings. The molecule has 0 saturated carbocycles. The van der Waals surface area contributed by atoms with Crippen molar-refractivity contribution in [2.45, 2.75) is 26.1 Å². The Hall–Kier alpha value is -3.37. The van der Waals surface area contributed by atoms with Crippen LogP contribution in [-0.2, 0) is 17.9 Å². The maximum Gasteiger partial charge on any atom is 0.317 e. The fourth-order valence-electron chi connectivity index (χ4n) is 4.85. The summed E-state index contributed by atoms with van der Waals surface area (Å²) in [5, 5.41) is 9.80. The van der Waals surface area contributed by atoms with Gasteiger partial charge in [-0.2, -0.15) is 0 Å². The molecule has 0 radical (unpaired) electrons. The molecule has 8 nitrogen and oxygen atoms in total. The molecule has 1 saturated heterocycles. The third-order valence-corrected chi connectivity index (χ3v) is 7.56. The summed E-state index contributed by atoms with van der Waals surface area (Å²) in [5.74, 6) is -0.649. The SMILES string of the molecule is C[C@@H](Oc1ccc2c(c1)C(/C=C(\F)c1ccc(CN3CCN(CC(=O)O)CC3)nc1)=NC2)c1c(Cl)cncc1Cl. The Bertz CT molecular complexity index is 1440. The number of ether oxygens (including phenoxy) is 1. The minimum absolute atomic E-state index is 0.0605. The lowest BCUT2D eigenvalue weighted by molar-refractivity contribution is -0.138. The fraction of sp³-hybridized carbons (Fsp3) is 0.310. The number of hydrogen-bond acceptors (Lipinski definition) is 7. The predicted molar refractivity (Wildman–Crippen MR) is 153 cm³/mol. The molecule has 11 heteroatoms. The van der Waals surface area contributed by atoms with Crippen molar-refractivity contribution in [3.8, 4) is 5.75 Å². The van der Waals surface area contributed by atoms with Crippen LogP contribution in [0.3, 0.4) is 0 Å². The summed E-state index contributed by atoms with van der Waals surface area (Å²) in [6, 6.07) is 9.16. The molecule has 0 amide bonds. The second-order valence-corrected chi connectivity index (χ2v) is 10.6. The van der Waals surface area contributed by atoms with Gasteiger partial charge in [0.25, 0.3) is 0 Å². The summed E-state index contributed by atoms with van der Waals surface area (Å²) in [6.07, 6.45) is 5.58. The maximum atomic E-state index is 15.2.